The van der Waals surface area contributed by atoms with Gasteiger partial charge < -0.3 is 10.2 Å². The van der Waals surface area contributed by atoms with Crippen LogP contribution in [0.1, 0.15) is 40.0 Å². The van der Waals surface area contributed by atoms with Crippen LogP contribution in [-0.4, -0.2) is 35.8 Å². The van der Waals surface area contributed by atoms with Gasteiger partial charge in [-0.05, 0) is 25.2 Å². The summed E-state index contributed by atoms with van der Waals surface area (Å²) in [5.74, 6) is 0.364. The molecule has 1 saturated heterocycles. The number of hydrogen-bond acceptors (Lipinski definition) is 2. The predicted octanol–water partition coefficient (Wildman–Crippen LogP) is 1.16. The van der Waals surface area contributed by atoms with Crippen molar-refractivity contribution >= 4 is 11.8 Å². The molecule has 1 N–H and O–H groups in total. The van der Waals surface area contributed by atoms with E-state index in [1.165, 1.54) is 6.92 Å². The van der Waals surface area contributed by atoms with Crippen LogP contribution in [0.25, 0.3) is 0 Å². The molecule has 0 unspecified atom stereocenters. The summed E-state index contributed by atoms with van der Waals surface area (Å²) in [6.07, 6.45) is 2.88. The Balaban J connectivity index is 2.58. The number of nitrogens with one attached hydrogen (secondary N) is 1. The van der Waals surface area contributed by atoms with E-state index in [1.54, 1.807) is 0 Å². The first-order chi connectivity index (χ1) is 7.50. The number of amides is 2. The van der Waals surface area contributed by atoms with Crippen molar-refractivity contribution in [2.45, 2.75) is 46.1 Å². The highest BCUT2D eigenvalue weighted by Crippen LogP contribution is 2.13. The Hall–Kier alpha value is -1.06. The van der Waals surface area contributed by atoms with Crippen LogP contribution in [0.5, 0.6) is 0 Å². The largest absolute Gasteiger partial charge is 0.345 e. The molecule has 0 bridgehead atoms. The molecular weight excluding hydrogens is 204 g/mol. The smallest absolute Gasteiger partial charge is 0.245 e. The minimum atomic E-state index is -0.337. The molecule has 1 atom stereocenters. The van der Waals surface area contributed by atoms with Gasteiger partial charge in [0.2, 0.25) is 11.8 Å². The normalized spacial score (nSPS) is 17.6. The molecular formula is C12H22N2O2. The first-order valence-corrected chi connectivity index (χ1v) is 6.06. The lowest BCUT2D eigenvalue weighted by molar-refractivity contribution is -0.135. The average Bonchev–Trinajstić information content (AvgIpc) is 2.66. The minimum Gasteiger partial charge on any atom is -0.345 e. The minimum absolute atomic E-state index is 0.0846. The summed E-state index contributed by atoms with van der Waals surface area (Å²) in [6, 6.07) is -0.337. The van der Waals surface area contributed by atoms with E-state index in [2.05, 4.69) is 19.2 Å². The summed E-state index contributed by atoms with van der Waals surface area (Å²) in [4.78, 5) is 25.1. The number of nitrogens with zero attached hydrogens (tertiary/aromatic N) is 1. The molecule has 0 aromatic carbocycles. The highest BCUT2D eigenvalue weighted by atomic mass is 16.2. The summed E-state index contributed by atoms with van der Waals surface area (Å²) < 4.78 is 0. The van der Waals surface area contributed by atoms with Crippen molar-refractivity contribution in [3.63, 3.8) is 0 Å². The molecule has 0 aliphatic carbocycles. The third kappa shape index (κ3) is 3.83. The molecule has 0 spiro atoms. The maximum atomic E-state index is 12.1. The standard InChI is InChI=1S/C12H22N2O2/c1-9(2)8-11(13-10(3)15)12(16)14-6-4-5-7-14/h9,11H,4-8H2,1-3H3,(H,13,15)/t11-/m0/s1. The number of hydrogen-bond donors (Lipinski definition) is 1. The lowest BCUT2D eigenvalue weighted by Crippen LogP contribution is -2.47. The third-order valence-corrected chi connectivity index (χ3v) is 2.80. The van der Waals surface area contributed by atoms with Crippen molar-refractivity contribution in [2.75, 3.05) is 13.1 Å². The van der Waals surface area contributed by atoms with Crippen molar-refractivity contribution in [2.24, 2.45) is 5.92 Å². The zero-order chi connectivity index (χ0) is 12.1. The summed E-state index contributed by atoms with van der Waals surface area (Å²) in [5, 5.41) is 2.76. The Labute approximate surface area is 97.4 Å². The summed E-state index contributed by atoms with van der Waals surface area (Å²) in [5.41, 5.74) is 0. The summed E-state index contributed by atoms with van der Waals surface area (Å²) in [6.45, 7) is 7.27. The van der Waals surface area contributed by atoms with Crippen molar-refractivity contribution in [1.82, 2.24) is 10.2 Å². The fourth-order valence-electron chi connectivity index (χ4n) is 2.10. The van der Waals surface area contributed by atoms with Gasteiger partial charge in [0, 0.05) is 20.0 Å². The third-order valence-electron chi connectivity index (χ3n) is 2.80. The molecule has 0 radical (unpaired) electrons. The zero-order valence-electron chi connectivity index (χ0n) is 10.5. The van der Waals surface area contributed by atoms with Crippen molar-refractivity contribution in [3.05, 3.63) is 0 Å². The van der Waals surface area contributed by atoms with Crippen molar-refractivity contribution < 1.29 is 9.59 Å². The van der Waals surface area contributed by atoms with E-state index in [1.807, 2.05) is 4.90 Å². The second-order valence-electron chi connectivity index (χ2n) is 4.92. The van der Waals surface area contributed by atoms with E-state index in [0.717, 1.165) is 32.4 Å². The van der Waals surface area contributed by atoms with E-state index in [0.29, 0.717) is 5.92 Å². The van der Waals surface area contributed by atoms with Crippen LogP contribution in [-0.2, 0) is 9.59 Å². The van der Waals surface area contributed by atoms with Crippen LogP contribution in [0.2, 0.25) is 0 Å². The maximum Gasteiger partial charge on any atom is 0.245 e. The van der Waals surface area contributed by atoms with E-state index >= 15 is 0 Å². The second-order valence-corrected chi connectivity index (χ2v) is 4.92. The van der Waals surface area contributed by atoms with E-state index in [-0.39, 0.29) is 17.9 Å². The van der Waals surface area contributed by atoms with Crippen LogP contribution < -0.4 is 5.32 Å². The fourth-order valence-corrected chi connectivity index (χ4v) is 2.10. The number of carbonyl (C=O) groups is 2. The first kappa shape index (κ1) is 13.0. The Morgan fingerprint density at radius 3 is 2.25 bits per heavy atom. The van der Waals surface area contributed by atoms with Gasteiger partial charge >= 0.3 is 0 Å². The summed E-state index contributed by atoms with van der Waals surface area (Å²) in [7, 11) is 0. The van der Waals surface area contributed by atoms with Crippen LogP contribution in [0.3, 0.4) is 0 Å². The van der Waals surface area contributed by atoms with Crippen LogP contribution in [0.4, 0.5) is 0 Å². The molecule has 2 amide bonds. The van der Waals surface area contributed by atoms with E-state index in [4.69, 9.17) is 0 Å². The highest BCUT2D eigenvalue weighted by molar-refractivity contribution is 5.87. The van der Waals surface area contributed by atoms with E-state index in [9.17, 15) is 9.59 Å². The first-order valence-electron chi connectivity index (χ1n) is 6.06. The molecule has 4 nitrogen and oxygen atoms in total. The topological polar surface area (TPSA) is 49.4 Å². The second kappa shape index (κ2) is 5.87. The lowest BCUT2D eigenvalue weighted by Gasteiger charge is -2.24. The number of rotatable bonds is 4. The van der Waals surface area contributed by atoms with Crippen LogP contribution >= 0.6 is 0 Å². The molecule has 4 heteroatoms. The van der Waals surface area contributed by atoms with Gasteiger partial charge in [-0.15, -0.1) is 0 Å². The Morgan fingerprint density at radius 1 is 1.25 bits per heavy atom. The molecule has 1 fully saturated rings. The highest BCUT2D eigenvalue weighted by Gasteiger charge is 2.27. The van der Waals surface area contributed by atoms with Crippen LogP contribution in [0, 0.1) is 5.92 Å². The summed E-state index contributed by atoms with van der Waals surface area (Å²) >= 11 is 0. The van der Waals surface area contributed by atoms with Gasteiger partial charge in [0.25, 0.3) is 0 Å². The number of carbonyl (C=O) groups excluding carboxylic acids is 2. The maximum absolute atomic E-state index is 12.1. The van der Waals surface area contributed by atoms with Gasteiger partial charge in [0.1, 0.15) is 6.04 Å². The number of likely N-dealkylation sites (tertiary alicyclic amines) is 1. The molecule has 1 aliphatic rings. The molecule has 0 aromatic heterocycles. The molecule has 1 aliphatic heterocycles. The Kier molecular flexibility index (Phi) is 4.77. The zero-order valence-corrected chi connectivity index (χ0v) is 10.5. The predicted molar refractivity (Wildman–Crippen MR) is 62.9 cm³/mol. The molecule has 16 heavy (non-hydrogen) atoms. The van der Waals surface area contributed by atoms with Gasteiger partial charge in [-0.2, -0.15) is 0 Å². The SMILES string of the molecule is CC(=O)N[C@@H](CC(C)C)C(=O)N1CCCC1. The molecule has 0 aromatic rings. The fraction of sp³-hybridized carbons (Fsp3) is 0.833. The monoisotopic (exact) mass is 226 g/mol. The van der Waals surface area contributed by atoms with Gasteiger partial charge in [0.15, 0.2) is 0 Å². The van der Waals surface area contributed by atoms with Gasteiger partial charge in [0.05, 0.1) is 0 Å². The van der Waals surface area contributed by atoms with Gasteiger partial charge in [-0.1, -0.05) is 13.8 Å². The van der Waals surface area contributed by atoms with E-state index < -0.39 is 0 Å². The molecule has 0 saturated carbocycles. The van der Waals surface area contributed by atoms with Gasteiger partial charge in [-0.3, -0.25) is 9.59 Å². The Bertz CT molecular complexity index is 258. The average molecular weight is 226 g/mol. The molecule has 1 rings (SSSR count). The van der Waals surface area contributed by atoms with Crippen molar-refractivity contribution in [3.8, 4) is 0 Å². The van der Waals surface area contributed by atoms with Crippen molar-refractivity contribution in [1.29, 1.82) is 0 Å². The molecule has 1 heterocycles. The quantitative estimate of drug-likeness (QED) is 0.782. The van der Waals surface area contributed by atoms with Gasteiger partial charge in [-0.25, -0.2) is 0 Å². The Morgan fingerprint density at radius 2 is 1.81 bits per heavy atom. The molecule has 92 valence electrons. The lowest BCUT2D eigenvalue weighted by atomic mass is 10.0. The van der Waals surface area contributed by atoms with Crippen LogP contribution in [0.15, 0.2) is 0 Å².